The Morgan fingerprint density at radius 1 is 1.16 bits per heavy atom. The first-order valence-electron chi connectivity index (χ1n) is 10.8. The molecule has 0 heterocycles. The van der Waals surface area contributed by atoms with Gasteiger partial charge < -0.3 is 9.64 Å². The molecule has 160 valence electrons. The van der Waals surface area contributed by atoms with Gasteiger partial charge in [-0.05, 0) is 72.1 Å². The molecule has 5 heteroatoms. The normalized spacial score (nSPS) is 16.1. The number of nitrogens with zero attached hydrogens (tertiary/aromatic N) is 2. The number of likely N-dealkylation sites (N-methyl/N-ethyl adjacent to an activating group) is 1. The highest BCUT2D eigenvalue weighted by atomic mass is 19.1. The van der Waals surface area contributed by atoms with Gasteiger partial charge in [-0.25, -0.2) is 4.39 Å². The van der Waals surface area contributed by atoms with Crippen LogP contribution in [0.4, 0.5) is 4.39 Å². The fourth-order valence-electron chi connectivity index (χ4n) is 4.77. The van der Waals surface area contributed by atoms with Gasteiger partial charge in [0.2, 0.25) is 0 Å². The minimum atomic E-state index is -0.580. The number of benzene rings is 2. The van der Waals surface area contributed by atoms with Crippen LogP contribution in [0.1, 0.15) is 60.3 Å². The van der Waals surface area contributed by atoms with Crippen molar-refractivity contribution in [2.24, 2.45) is 0 Å². The molecule has 31 heavy (non-hydrogen) atoms. The monoisotopic (exact) mass is 418 g/mol. The van der Waals surface area contributed by atoms with E-state index in [2.05, 4.69) is 32.6 Å². The first-order chi connectivity index (χ1) is 14.8. The highest BCUT2D eigenvalue weighted by Gasteiger charge is 2.43. The second-order valence-electron chi connectivity index (χ2n) is 8.67. The zero-order chi connectivity index (χ0) is 22.3. The van der Waals surface area contributed by atoms with Crippen molar-refractivity contribution in [3.8, 4) is 11.8 Å². The summed E-state index contributed by atoms with van der Waals surface area (Å²) in [6, 6.07) is 10.5. The number of hydrogen-bond acceptors (Lipinski definition) is 4. The number of nitriles is 1. The number of rotatable bonds is 6. The van der Waals surface area contributed by atoms with Crippen LogP contribution in [-0.4, -0.2) is 36.9 Å². The minimum absolute atomic E-state index is 0.0188. The lowest BCUT2D eigenvalue weighted by molar-refractivity contribution is 0.105. The van der Waals surface area contributed by atoms with Crippen LogP contribution in [0.5, 0.6) is 5.75 Å². The Morgan fingerprint density at radius 2 is 1.90 bits per heavy atom. The third kappa shape index (κ3) is 3.45. The summed E-state index contributed by atoms with van der Waals surface area (Å²) in [4.78, 5) is 15.7. The molecule has 2 aliphatic rings. The molecule has 4 rings (SSSR count). The van der Waals surface area contributed by atoms with Gasteiger partial charge in [0, 0.05) is 23.1 Å². The Morgan fingerprint density at radius 3 is 2.58 bits per heavy atom. The van der Waals surface area contributed by atoms with Crippen LogP contribution in [0, 0.1) is 17.1 Å². The standard InChI is InChI=1S/C26H27FN2O2/c1-5-29(6-2)9-10-31-18-7-8-19-21(13-18)26(3,4)22-12-16-11-17(15-28)23(27)14-20(16)24(22)25(19)30/h7-8,11,13-14H,5-6,9-10,12H2,1-4H3. The predicted molar refractivity (Wildman–Crippen MR) is 119 cm³/mol. The van der Waals surface area contributed by atoms with Gasteiger partial charge in [0.05, 0.1) is 5.56 Å². The molecule has 0 N–H and O–H groups in total. The number of hydrogen-bond donors (Lipinski definition) is 0. The van der Waals surface area contributed by atoms with Crippen LogP contribution in [0.2, 0.25) is 0 Å². The van der Waals surface area contributed by atoms with E-state index in [1.54, 1.807) is 6.07 Å². The van der Waals surface area contributed by atoms with Crippen molar-refractivity contribution in [1.82, 2.24) is 4.90 Å². The van der Waals surface area contributed by atoms with Crippen molar-refractivity contribution in [3.63, 3.8) is 0 Å². The average molecular weight is 419 g/mol. The lowest BCUT2D eigenvalue weighted by atomic mass is 9.68. The number of carbonyl (C=O) groups is 1. The smallest absolute Gasteiger partial charge is 0.193 e. The number of Topliss-reactive ketones (excluding diaryl/α,β-unsaturated/α-hetero) is 1. The highest BCUT2D eigenvalue weighted by molar-refractivity contribution is 6.33. The zero-order valence-corrected chi connectivity index (χ0v) is 18.5. The number of allylic oxidation sites excluding steroid dienone is 2. The Hall–Kier alpha value is -2.97. The second kappa shape index (κ2) is 7.94. The first kappa shape index (κ1) is 21.3. The van der Waals surface area contributed by atoms with Gasteiger partial charge in [-0.2, -0.15) is 5.26 Å². The fraction of sp³-hybridized carbons (Fsp3) is 0.385. The number of carbonyl (C=O) groups excluding carboxylic acids is 1. The summed E-state index contributed by atoms with van der Waals surface area (Å²) in [7, 11) is 0. The van der Waals surface area contributed by atoms with E-state index in [9.17, 15) is 14.4 Å². The van der Waals surface area contributed by atoms with Gasteiger partial charge in [-0.1, -0.05) is 27.7 Å². The third-order valence-electron chi connectivity index (χ3n) is 6.71. The van der Waals surface area contributed by atoms with Crippen molar-refractivity contribution in [2.75, 3.05) is 26.2 Å². The average Bonchev–Trinajstić information content (AvgIpc) is 3.14. The number of ether oxygens (including phenoxy) is 1. The van der Waals surface area contributed by atoms with E-state index in [1.807, 2.05) is 24.3 Å². The summed E-state index contributed by atoms with van der Waals surface area (Å²) in [5.74, 6) is 0.0920. The van der Waals surface area contributed by atoms with Crippen LogP contribution in [0.25, 0.3) is 5.57 Å². The molecule has 0 amide bonds. The summed E-state index contributed by atoms with van der Waals surface area (Å²) in [6.45, 7) is 11.9. The van der Waals surface area contributed by atoms with Crippen molar-refractivity contribution in [1.29, 1.82) is 5.26 Å². The quantitative estimate of drug-likeness (QED) is 0.669. The van der Waals surface area contributed by atoms with Crippen LogP contribution in [0.3, 0.4) is 0 Å². The molecule has 0 saturated heterocycles. The maximum absolute atomic E-state index is 14.3. The Bertz CT molecular complexity index is 1140. The van der Waals surface area contributed by atoms with Gasteiger partial charge >= 0.3 is 0 Å². The number of fused-ring (bicyclic) bond motifs is 3. The van der Waals surface area contributed by atoms with E-state index in [4.69, 9.17) is 4.74 Å². The SMILES string of the molecule is CCN(CC)CCOc1ccc2c(c1)C(C)(C)C1=C(C2=O)c2cc(F)c(C#N)cc2C1. The van der Waals surface area contributed by atoms with Gasteiger partial charge in [0.25, 0.3) is 0 Å². The van der Waals surface area contributed by atoms with E-state index in [-0.39, 0.29) is 11.3 Å². The second-order valence-corrected chi connectivity index (χ2v) is 8.67. The molecule has 4 nitrogen and oxygen atoms in total. The zero-order valence-electron chi connectivity index (χ0n) is 18.5. The van der Waals surface area contributed by atoms with Gasteiger partial charge in [-0.15, -0.1) is 0 Å². The molecule has 0 aromatic heterocycles. The maximum Gasteiger partial charge on any atom is 0.193 e. The molecule has 2 aromatic carbocycles. The largest absolute Gasteiger partial charge is 0.492 e. The molecule has 2 aliphatic carbocycles. The Balaban J connectivity index is 1.67. The van der Waals surface area contributed by atoms with Gasteiger partial charge in [-0.3, -0.25) is 4.79 Å². The summed E-state index contributed by atoms with van der Waals surface area (Å²) in [6.07, 6.45) is 0.546. The lowest BCUT2D eigenvalue weighted by Gasteiger charge is -2.34. The van der Waals surface area contributed by atoms with E-state index in [1.165, 1.54) is 6.07 Å². The Kier molecular flexibility index (Phi) is 5.45. The van der Waals surface area contributed by atoms with Crippen LogP contribution < -0.4 is 4.74 Å². The van der Waals surface area contributed by atoms with Crippen molar-refractivity contribution < 1.29 is 13.9 Å². The highest BCUT2D eigenvalue weighted by Crippen LogP contribution is 2.50. The molecule has 0 unspecified atom stereocenters. The Labute approximate surface area is 182 Å². The molecule has 0 bridgehead atoms. The van der Waals surface area contributed by atoms with E-state index >= 15 is 0 Å². The molecule has 0 spiro atoms. The van der Waals surface area contributed by atoms with E-state index < -0.39 is 11.2 Å². The molecule has 0 fully saturated rings. The van der Waals surface area contributed by atoms with Gasteiger partial charge in [0.15, 0.2) is 5.78 Å². The van der Waals surface area contributed by atoms with Crippen molar-refractivity contribution in [3.05, 3.63) is 69.5 Å². The number of halogens is 1. The minimum Gasteiger partial charge on any atom is -0.492 e. The maximum atomic E-state index is 14.3. The summed E-state index contributed by atoms with van der Waals surface area (Å²) in [5, 5.41) is 9.18. The molecule has 0 saturated carbocycles. The topological polar surface area (TPSA) is 53.3 Å². The van der Waals surface area contributed by atoms with Crippen LogP contribution >= 0.6 is 0 Å². The van der Waals surface area contributed by atoms with E-state index in [0.29, 0.717) is 29.7 Å². The first-order valence-corrected chi connectivity index (χ1v) is 10.8. The third-order valence-corrected chi connectivity index (χ3v) is 6.71. The number of ketones is 1. The van der Waals surface area contributed by atoms with Crippen molar-refractivity contribution >= 4 is 11.4 Å². The summed E-state index contributed by atoms with van der Waals surface area (Å²) >= 11 is 0. The lowest BCUT2D eigenvalue weighted by Crippen LogP contribution is -2.30. The molecular formula is C26H27FN2O2. The van der Waals surface area contributed by atoms with Crippen molar-refractivity contribution in [2.45, 2.75) is 39.5 Å². The predicted octanol–water partition coefficient (Wildman–Crippen LogP) is 4.90. The van der Waals surface area contributed by atoms with Gasteiger partial charge in [0.1, 0.15) is 24.2 Å². The summed E-state index contributed by atoms with van der Waals surface area (Å²) in [5.41, 5.74) is 4.22. The molecule has 0 radical (unpaired) electrons. The fourth-order valence-corrected chi connectivity index (χ4v) is 4.77. The molecule has 0 aliphatic heterocycles. The molecule has 2 aromatic rings. The molecule has 0 atom stereocenters. The van der Waals surface area contributed by atoms with E-state index in [0.717, 1.165) is 42.1 Å². The molecular weight excluding hydrogens is 391 g/mol. The van der Waals surface area contributed by atoms with Crippen LogP contribution in [0.15, 0.2) is 35.9 Å². The van der Waals surface area contributed by atoms with Crippen LogP contribution in [-0.2, 0) is 11.8 Å². The summed E-state index contributed by atoms with van der Waals surface area (Å²) < 4.78 is 20.3.